The molecule has 1 heterocycles. The van der Waals surface area contributed by atoms with Gasteiger partial charge in [-0.1, -0.05) is 0 Å². The van der Waals surface area contributed by atoms with E-state index < -0.39 is 30.2 Å². The molecule has 0 saturated carbocycles. The maximum atomic E-state index is 11.1. The predicted molar refractivity (Wildman–Crippen MR) is 51.1 cm³/mol. The molecule has 2 N–H and O–H groups in total. The predicted octanol–water partition coefficient (Wildman–Crippen LogP) is -1.50. The number of aliphatic carboxylic acids is 1. The van der Waals surface area contributed by atoms with Gasteiger partial charge in [0.2, 0.25) is 5.91 Å². The molecule has 0 unspecified atom stereocenters. The molecule has 0 aromatic rings. The fraction of sp³-hybridized carbons (Fsp3) is 0.333. The molecule has 0 aliphatic carbocycles. The molecule has 0 bridgehead atoms. The zero-order chi connectivity index (χ0) is 12.1. The minimum Gasteiger partial charge on any atom is -0.480 e. The highest BCUT2D eigenvalue weighted by Crippen LogP contribution is 2.03. The van der Waals surface area contributed by atoms with Crippen LogP contribution in [0, 0.1) is 0 Å². The summed E-state index contributed by atoms with van der Waals surface area (Å²) in [6.07, 6.45) is 2.14. The SMILES string of the molecule is O=C(O)CNC(=O)CCN1C(=O)C=CC1=O. The maximum absolute atomic E-state index is 11.1. The van der Waals surface area contributed by atoms with Gasteiger partial charge in [0.05, 0.1) is 0 Å². The minimum absolute atomic E-state index is 0.0455. The van der Waals surface area contributed by atoms with Crippen molar-refractivity contribution < 1.29 is 24.3 Å². The number of nitrogens with one attached hydrogen (secondary N) is 1. The molecule has 86 valence electrons. The first-order chi connectivity index (χ1) is 7.50. The van der Waals surface area contributed by atoms with Gasteiger partial charge < -0.3 is 10.4 Å². The average Bonchev–Trinajstić information content (AvgIpc) is 2.53. The Balaban J connectivity index is 2.29. The van der Waals surface area contributed by atoms with Crippen molar-refractivity contribution in [2.75, 3.05) is 13.1 Å². The summed E-state index contributed by atoms with van der Waals surface area (Å²) in [5, 5.41) is 10.4. The van der Waals surface area contributed by atoms with E-state index in [1.165, 1.54) is 0 Å². The Morgan fingerprint density at radius 1 is 1.25 bits per heavy atom. The lowest BCUT2D eigenvalue weighted by molar-refractivity contribution is -0.139. The van der Waals surface area contributed by atoms with Crippen LogP contribution >= 0.6 is 0 Å². The largest absolute Gasteiger partial charge is 0.480 e. The standard InChI is InChI=1S/C9H10N2O5/c12-6(10-5-9(15)16)3-4-11-7(13)1-2-8(11)14/h1-2H,3-5H2,(H,10,12)(H,15,16). The Hall–Kier alpha value is -2.18. The second-order valence-corrected chi connectivity index (χ2v) is 3.08. The molecular weight excluding hydrogens is 216 g/mol. The van der Waals surface area contributed by atoms with Crippen LogP contribution in [-0.4, -0.2) is 46.8 Å². The van der Waals surface area contributed by atoms with Crippen LogP contribution in [0.4, 0.5) is 0 Å². The summed E-state index contributed by atoms with van der Waals surface area (Å²) in [7, 11) is 0. The van der Waals surface area contributed by atoms with Crippen molar-refractivity contribution in [3.05, 3.63) is 12.2 Å². The second kappa shape index (κ2) is 5.06. The highest BCUT2D eigenvalue weighted by Gasteiger charge is 2.23. The maximum Gasteiger partial charge on any atom is 0.322 e. The first-order valence-electron chi connectivity index (χ1n) is 4.52. The number of amides is 3. The van der Waals surface area contributed by atoms with Gasteiger partial charge >= 0.3 is 5.97 Å². The van der Waals surface area contributed by atoms with Crippen LogP contribution in [0.2, 0.25) is 0 Å². The molecule has 7 nitrogen and oxygen atoms in total. The highest BCUT2D eigenvalue weighted by molar-refractivity contribution is 6.13. The average molecular weight is 226 g/mol. The van der Waals surface area contributed by atoms with E-state index in [-0.39, 0.29) is 13.0 Å². The zero-order valence-corrected chi connectivity index (χ0v) is 8.30. The molecule has 16 heavy (non-hydrogen) atoms. The van der Waals surface area contributed by atoms with Crippen molar-refractivity contribution >= 4 is 23.7 Å². The fourth-order valence-corrected chi connectivity index (χ4v) is 1.13. The summed E-state index contributed by atoms with van der Waals surface area (Å²) in [4.78, 5) is 44.2. The first-order valence-corrected chi connectivity index (χ1v) is 4.52. The lowest BCUT2D eigenvalue weighted by Crippen LogP contribution is -2.36. The van der Waals surface area contributed by atoms with Crippen LogP contribution in [-0.2, 0) is 19.2 Å². The number of imide groups is 1. The van der Waals surface area contributed by atoms with E-state index in [0.717, 1.165) is 17.1 Å². The molecule has 0 atom stereocenters. The topological polar surface area (TPSA) is 104 Å². The summed E-state index contributed by atoms with van der Waals surface area (Å²) in [6, 6.07) is 0. The molecule has 0 spiro atoms. The molecule has 0 saturated heterocycles. The third-order valence-corrected chi connectivity index (χ3v) is 1.90. The van der Waals surface area contributed by atoms with Gasteiger partial charge in [-0.25, -0.2) is 0 Å². The third-order valence-electron chi connectivity index (χ3n) is 1.90. The van der Waals surface area contributed by atoms with Gasteiger partial charge in [-0.3, -0.25) is 24.1 Å². The Bertz CT molecular complexity index is 356. The van der Waals surface area contributed by atoms with E-state index in [4.69, 9.17) is 5.11 Å². The van der Waals surface area contributed by atoms with Crippen LogP contribution in [0.3, 0.4) is 0 Å². The number of carboxylic acid groups (broad SMARTS) is 1. The van der Waals surface area contributed by atoms with E-state index in [0.29, 0.717) is 0 Å². The van der Waals surface area contributed by atoms with Gasteiger partial charge in [-0.15, -0.1) is 0 Å². The number of hydrogen-bond acceptors (Lipinski definition) is 4. The van der Waals surface area contributed by atoms with Crippen molar-refractivity contribution in [2.45, 2.75) is 6.42 Å². The number of hydrogen-bond donors (Lipinski definition) is 2. The quantitative estimate of drug-likeness (QED) is 0.555. The number of carboxylic acids is 1. The number of carbonyl (C=O) groups is 4. The first kappa shape index (κ1) is 11.9. The lowest BCUT2D eigenvalue weighted by atomic mass is 10.3. The van der Waals surface area contributed by atoms with Crippen molar-refractivity contribution in [2.24, 2.45) is 0 Å². The van der Waals surface area contributed by atoms with Crippen LogP contribution in [0.5, 0.6) is 0 Å². The van der Waals surface area contributed by atoms with Crippen LogP contribution in [0.25, 0.3) is 0 Å². The minimum atomic E-state index is -1.15. The molecule has 0 aromatic heterocycles. The highest BCUT2D eigenvalue weighted by atomic mass is 16.4. The number of nitrogens with zero attached hydrogens (tertiary/aromatic N) is 1. The Morgan fingerprint density at radius 3 is 2.31 bits per heavy atom. The summed E-state index contributed by atoms with van der Waals surface area (Å²) in [6.45, 7) is -0.519. The van der Waals surface area contributed by atoms with Crippen molar-refractivity contribution in [1.82, 2.24) is 10.2 Å². The molecular formula is C9H10N2O5. The Kier molecular flexibility index (Phi) is 3.76. The summed E-state index contributed by atoms with van der Waals surface area (Å²) in [5.41, 5.74) is 0. The van der Waals surface area contributed by atoms with Gasteiger partial charge in [0.25, 0.3) is 11.8 Å². The third kappa shape index (κ3) is 3.19. The summed E-state index contributed by atoms with van der Waals surface area (Å²) >= 11 is 0. The molecule has 0 radical (unpaired) electrons. The Morgan fingerprint density at radius 2 is 1.81 bits per heavy atom. The molecule has 7 heteroatoms. The van der Waals surface area contributed by atoms with Crippen molar-refractivity contribution in [3.63, 3.8) is 0 Å². The molecule has 0 fully saturated rings. The van der Waals surface area contributed by atoms with E-state index >= 15 is 0 Å². The molecule has 1 aliphatic heterocycles. The van der Waals surface area contributed by atoms with Crippen molar-refractivity contribution in [1.29, 1.82) is 0 Å². The van der Waals surface area contributed by atoms with Crippen LogP contribution in [0.15, 0.2) is 12.2 Å². The smallest absolute Gasteiger partial charge is 0.322 e. The van der Waals surface area contributed by atoms with Gasteiger partial charge in [-0.05, 0) is 0 Å². The van der Waals surface area contributed by atoms with E-state index in [2.05, 4.69) is 5.32 Å². The van der Waals surface area contributed by atoms with Gasteiger partial charge in [0.1, 0.15) is 6.54 Å². The van der Waals surface area contributed by atoms with Gasteiger partial charge in [0, 0.05) is 25.1 Å². The molecule has 1 aliphatic rings. The second-order valence-electron chi connectivity index (χ2n) is 3.08. The van der Waals surface area contributed by atoms with Gasteiger partial charge in [0.15, 0.2) is 0 Å². The van der Waals surface area contributed by atoms with E-state index in [1.54, 1.807) is 0 Å². The number of carbonyl (C=O) groups excluding carboxylic acids is 3. The van der Waals surface area contributed by atoms with Crippen molar-refractivity contribution in [3.8, 4) is 0 Å². The Labute approximate surface area is 90.7 Å². The molecule has 3 amide bonds. The number of rotatable bonds is 5. The van der Waals surface area contributed by atoms with Crippen LogP contribution in [0.1, 0.15) is 6.42 Å². The molecule has 1 rings (SSSR count). The summed E-state index contributed by atoms with van der Waals surface area (Å²) in [5.74, 6) is -2.59. The molecule has 0 aromatic carbocycles. The zero-order valence-electron chi connectivity index (χ0n) is 8.30. The monoisotopic (exact) mass is 226 g/mol. The van der Waals surface area contributed by atoms with Gasteiger partial charge in [-0.2, -0.15) is 0 Å². The van der Waals surface area contributed by atoms with E-state index in [1.807, 2.05) is 0 Å². The summed E-state index contributed by atoms with van der Waals surface area (Å²) < 4.78 is 0. The van der Waals surface area contributed by atoms with Crippen LogP contribution < -0.4 is 5.32 Å². The van der Waals surface area contributed by atoms with E-state index in [9.17, 15) is 19.2 Å². The normalized spacial score (nSPS) is 14.4. The fourth-order valence-electron chi connectivity index (χ4n) is 1.13. The lowest BCUT2D eigenvalue weighted by Gasteiger charge is -2.12.